The third-order valence-corrected chi connectivity index (χ3v) is 7.61. The molecule has 0 radical (unpaired) electrons. The minimum Gasteiger partial charge on any atom is -0.331 e. The number of hydrogen-bond acceptors (Lipinski definition) is 3. The van der Waals surface area contributed by atoms with E-state index in [1.807, 2.05) is 12.1 Å². The number of benzene rings is 2. The van der Waals surface area contributed by atoms with Crippen LogP contribution in [0.1, 0.15) is 42.9 Å². The molecule has 1 heterocycles. The topological polar surface area (TPSA) is 54.5 Å². The summed E-state index contributed by atoms with van der Waals surface area (Å²) in [5.41, 5.74) is 2.86. The molecule has 1 aliphatic rings. The van der Waals surface area contributed by atoms with Crippen LogP contribution in [0, 0.1) is 0 Å². The van der Waals surface area contributed by atoms with Gasteiger partial charge in [-0.3, -0.25) is 4.79 Å². The molecule has 3 rings (SSSR count). The summed E-state index contributed by atoms with van der Waals surface area (Å²) in [6, 6.07) is 12.8. The van der Waals surface area contributed by atoms with Gasteiger partial charge in [0.2, 0.25) is 5.91 Å². The van der Waals surface area contributed by atoms with E-state index in [0.717, 1.165) is 5.56 Å². The van der Waals surface area contributed by atoms with Gasteiger partial charge in [-0.1, -0.05) is 67.4 Å². The number of halogens is 2. The first-order valence-electron chi connectivity index (χ1n) is 9.87. The lowest BCUT2D eigenvalue weighted by Gasteiger charge is -2.27. The SMILES string of the molecule is CC(C)c1ccc(CN(C(=O)/C=C/c2ccc(Cl)cc2Cl)[C@H]2CCS(=O)(=O)C2)cc1. The van der Waals surface area contributed by atoms with E-state index in [2.05, 4.69) is 26.0 Å². The average Bonchev–Trinajstić information content (AvgIpc) is 3.05. The van der Waals surface area contributed by atoms with Crippen molar-refractivity contribution < 1.29 is 13.2 Å². The van der Waals surface area contributed by atoms with Crippen molar-refractivity contribution in [2.24, 2.45) is 0 Å². The van der Waals surface area contributed by atoms with E-state index < -0.39 is 9.84 Å². The number of carbonyl (C=O) groups is 1. The third-order valence-electron chi connectivity index (χ3n) is 5.30. The van der Waals surface area contributed by atoms with Gasteiger partial charge < -0.3 is 4.90 Å². The van der Waals surface area contributed by atoms with Gasteiger partial charge in [0.25, 0.3) is 0 Å². The zero-order chi connectivity index (χ0) is 21.9. The smallest absolute Gasteiger partial charge is 0.247 e. The van der Waals surface area contributed by atoms with Crippen LogP contribution in [0.15, 0.2) is 48.5 Å². The van der Waals surface area contributed by atoms with Crippen molar-refractivity contribution in [1.82, 2.24) is 4.90 Å². The summed E-state index contributed by atoms with van der Waals surface area (Å²) in [6.45, 7) is 4.61. The molecule has 0 N–H and O–H groups in total. The van der Waals surface area contributed by atoms with Gasteiger partial charge in [-0.2, -0.15) is 0 Å². The molecule has 1 atom stereocenters. The van der Waals surface area contributed by atoms with Crippen LogP contribution in [0.3, 0.4) is 0 Å². The van der Waals surface area contributed by atoms with Crippen LogP contribution in [-0.2, 0) is 21.2 Å². The average molecular weight is 466 g/mol. The van der Waals surface area contributed by atoms with Crippen LogP contribution in [0.25, 0.3) is 6.08 Å². The fourth-order valence-corrected chi connectivity index (χ4v) is 5.71. The summed E-state index contributed by atoms with van der Waals surface area (Å²) >= 11 is 12.1. The van der Waals surface area contributed by atoms with E-state index in [-0.39, 0.29) is 23.5 Å². The van der Waals surface area contributed by atoms with Crippen molar-refractivity contribution >= 4 is 45.0 Å². The standard InChI is InChI=1S/C23H25Cl2NO3S/c1-16(2)18-5-3-17(4-6-18)14-26(21-11-12-30(28,29)15-21)23(27)10-8-19-7-9-20(24)13-22(19)25/h3-10,13,16,21H,11-12,14-15H2,1-2H3/b10-8+/t21-/m0/s1. The summed E-state index contributed by atoms with van der Waals surface area (Å²) in [6.07, 6.45) is 3.54. The van der Waals surface area contributed by atoms with E-state index in [0.29, 0.717) is 34.5 Å². The molecule has 1 fully saturated rings. The van der Waals surface area contributed by atoms with Crippen molar-refractivity contribution in [2.75, 3.05) is 11.5 Å². The van der Waals surface area contributed by atoms with Crippen LogP contribution in [-0.4, -0.2) is 36.8 Å². The van der Waals surface area contributed by atoms with Gasteiger partial charge in [0.1, 0.15) is 0 Å². The van der Waals surface area contributed by atoms with Crippen molar-refractivity contribution in [3.05, 3.63) is 75.3 Å². The number of nitrogens with zero attached hydrogens (tertiary/aromatic N) is 1. The lowest BCUT2D eigenvalue weighted by molar-refractivity contribution is -0.128. The van der Waals surface area contributed by atoms with Gasteiger partial charge in [0.05, 0.1) is 11.5 Å². The Morgan fingerprint density at radius 2 is 1.87 bits per heavy atom. The van der Waals surface area contributed by atoms with Crippen LogP contribution < -0.4 is 0 Å². The van der Waals surface area contributed by atoms with Gasteiger partial charge in [-0.15, -0.1) is 0 Å². The molecule has 0 unspecified atom stereocenters. The molecular formula is C23H25Cl2NO3S. The molecule has 30 heavy (non-hydrogen) atoms. The second-order valence-electron chi connectivity index (χ2n) is 7.92. The molecule has 2 aromatic rings. The molecular weight excluding hydrogens is 441 g/mol. The molecule has 2 aromatic carbocycles. The summed E-state index contributed by atoms with van der Waals surface area (Å²) in [5.74, 6) is 0.290. The molecule has 1 saturated heterocycles. The Labute approximate surface area is 188 Å². The summed E-state index contributed by atoms with van der Waals surface area (Å²) < 4.78 is 24.0. The Hall–Kier alpha value is -1.82. The second kappa shape index (κ2) is 9.54. The molecule has 160 valence electrons. The predicted molar refractivity (Wildman–Crippen MR) is 124 cm³/mol. The lowest BCUT2D eigenvalue weighted by Crippen LogP contribution is -2.39. The highest BCUT2D eigenvalue weighted by Gasteiger charge is 2.34. The summed E-state index contributed by atoms with van der Waals surface area (Å²) in [4.78, 5) is 14.7. The predicted octanol–water partition coefficient (Wildman–Crippen LogP) is 5.35. The van der Waals surface area contributed by atoms with Gasteiger partial charge in [-0.05, 0) is 47.2 Å². The molecule has 0 saturated carbocycles. The largest absolute Gasteiger partial charge is 0.331 e. The molecule has 0 bridgehead atoms. The molecule has 4 nitrogen and oxygen atoms in total. The van der Waals surface area contributed by atoms with Crippen LogP contribution >= 0.6 is 23.2 Å². The minimum absolute atomic E-state index is 0.00163. The maximum absolute atomic E-state index is 13.0. The molecule has 0 spiro atoms. The van der Waals surface area contributed by atoms with Crippen molar-refractivity contribution in [2.45, 2.75) is 38.8 Å². The minimum atomic E-state index is -3.12. The normalized spacial score (nSPS) is 18.2. The van der Waals surface area contributed by atoms with Crippen LogP contribution in [0.2, 0.25) is 10.0 Å². The third kappa shape index (κ3) is 5.87. The monoisotopic (exact) mass is 465 g/mol. The quantitative estimate of drug-likeness (QED) is 0.540. The Morgan fingerprint density at radius 3 is 2.43 bits per heavy atom. The van der Waals surface area contributed by atoms with Crippen LogP contribution in [0.4, 0.5) is 0 Å². The highest BCUT2D eigenvalue weighted by atomic mass is 35.5. The van der Waals surface area contributed by atoms with E-state index >= 15 is 0 Å². The zero-order valence-corrected chi connectivity index (χ0v) is 19.3. The van der Waals surface area contributed by atoms with Gasteiger partial charge in [0.15, 0.2) is 9.84 Å². The maximum atomic E-state index is 13.0. The van der Waals surface area contributed by atoms with Gasteiger partial charge in [-0.25, -0.2) is 8.42 Å². The Morgan fingerprint density at radius 1 is 1.17 bits per heavy atom. The second-order valence-corrected chi connectivity index (χ2v) is 11.0. The van der Waals surface area contributed by atoms with E-state index in [1.54, 1.807) is 29.2 Å². The van der Waals surface area contributed by atoms with E-state index in [4.69, 9.17) is 23.2 Å². The Kier molecular flexibility index (Phi) is 7.27. The highest BCUT2D eigenvalue weighted by Crippen LogP contribution is 2.24. The molecule has 1 amide bonds. The number of carbonyl (C=O) groups excluding carboxylic acids is 1. The molecule has 0 aliphatic carbocycles. The van der Waals surface area contributed by atoms with Crippen molar-refractivity contribution in [3.8, 4) is 0 Å². The Balaban J connectivity index is 1.83. The Bertz CT molecular complexity index is 1050. The summed E-state index contributed by atoms with van der Waals surface area (Å²) in [7, 11) is -3.12. The van der Waals surface area contributed by atoms with Gasteiger partial charge >= 0.3 is 0 Å². The number of hydrogen-bond donors (Lipinski definition) is 0. The van der Waals surface area contributed by atoms with Gasteiger partial charge in [0, 0.05) is 28.7 Å². The molecule has 7 heteroatoms. The summed E-state index contributed by atoms with van der Waals surface area (Å²) in [5, 5.41) is 0.969. The number of sulfone groups is 1. The van der Waals surface area contributed by atoms with Crippen LogP contribution in [0.5, 0.6) is 0 Å². The van der Waals surface area contributed by atoms with Crippen molar-refractivity contribution in [1.29, 1.82) is 0 Å². The van der Waals surface area contributed by atoms with Crippen molar-refractivity contribution in [3.63, 3.8) is 0 Å². The first-order chi connectivity index (χ1) is 14.1. The molecule has 0 aromatic heterocycles. The fourth-order valence-electron chi connectivity index (χ4n) is 3.51. The van der Waals surface area contributed by atoms with E-state index in [1.165, 1.54) is 11.6 Å². The first-order valence-corrected chi connectivity index (χ1v) is 12.5. The number of amides is 1. The maximum Gasteiger partial charge on any atom is 0.247 e. The highest BCUT2D eigenvalue weighted by molar-refractivity contribution is 7.91. The molecule has 1 aliphatic heterocycles. The van der Waals surface area contributed by atoms with E-state index in [9.17, 15) is 13.2 Å². The zero-order valence-electron chi connectivity index (χ0n) is 17.0. The first kappa shape index (κ1) is 22.9. The fraction of sp³-hybridized carbons (Fsp3) is 0.348. The lowest BCUT2D eigenvalue weighted by atomic mass is 10.0. The number of rotatable bonds is 6.